The molecule has 1 fully saturated rings. The van der Waals surface area contributed by atoms with E-state index < -0.39 is 11.5 Å². The first-order chi connectivity index (χ1) is 12.0. The zero-order valence-corrected chi connectivity index (χ0v) is 14.5. The van der Waals surface area contributed by atoms with Gasteiger partial charge in [0.15, 0.2) is 0 Å². The Hall–Kier alpha value is -2.35. The monoisotopic (exact) mass is 354 g/mol. The van der Waals surface area contributed by atoms with Crippen LogP contribution < -0.4 is 5.73 Å². The van der Waals surface area contributed by atoms with Crippen molar-refractivity contribution in [3.8, 4) is 11.8 Å². The molecule has 2 aromatic rings. The molecular formula is C20H19ClN2O2. The van der Waals surface area contributed by atoms with Gasteiger partial charge < -0.3 is 10.8 Å². The highest BCUT2D eigenvalue weighted by molar-refractivity contribution is 6.30. The van der Waals surface area contributed by atoms with E-state index in [1.54, 1.807) is 24.4 Å². The third kappa shape index (κ3) is 4.19. The standard InChI is InChI=1S/C20H19ClN2O2/c21-16-6-1-4-14(12-16)8-10-20(25)9-2-5-15(13-20)17-7-3-11-23-18(17)19(22)24/h1,3-4,6-7,11-12,15,25H,2,5,9,13H2,(H2,22,24)/t15-,20+/m0/s1. The first-order valence-electron chi connectivity index (χ1n) is 8.23. The number of hydrogen-bond acceptors (Lipinski definition) is 3. The van der Waals surface area contributed by atoms with Gasteiger partial charge in [0, 0.05) is 16.8 Å². The molecule has 0 aliphatic heterocycles. The van der Waals surface area contributed by atoms with Gasteiger partial charge in [0.2, 0.25) is 0 Å². The van der Waals surface area contributed by atoms with Crippen LogP contribution in [-0.2, 0) is 0 Å². The Kier molecular flexibility index (Phi) is 5.08. The molecule has 1 aromatic heterocycles. The summed E-state index contributed by atoms with van der Waals surface area (Å²) in [5.41, 5.74) is 6.16. The highest BCUT2D eigenvalue weighted by Crippen LogP contribution is 2.39. The topological polar surface area (TPSA) is 76.2 Å². The predicted octanol–water partition coefficient (Wildman–Crippen LogP) is 3.27. The number of aromatic nitrogens is 1. The molecule has 4 nitrogen and oxygen atoms in total. The Labute approximate surface area is 152 Å². The first kappa shape index (κ1) is 17.5. The number of hydrogen-bond donors (Lipinski definition) is 2. The Morgan fingerprint density at radius 1 is 1.36 bits per heavy atom. The fourth-order valence-electron chi connectivity index (χ4n) is 3.34. The lowest BCUT2D eigenvalue weighted by Gasteiger charge is -2.33. The summed E-state index contributed by atoms with van der Waals surface area (Å²) >= 11 is 5.97. The highest BCUT2D eigenvalue weighted by atomic mass is 35.5. The van der Waals surface area contributed by atoms with Crippen LogP contribution in [0.25, 0.3) is 0 Å². The van der Waals surface area contributed by atoms with Gasteiger partial charge in [-0.1, -0.05) is 35.6 Å². The number of primary amides is 1. The molecule has 0 unspecified atom stereocenters. The number of benzene rings is 1. The maximum absolute atomic E-state index is 11.6. The van der Waals surface area contributed by atoms with E-state index in [9.17, 15) is 9.90 Å². The van der Waals surface area contributed by atoms with Crippen molar-refractivity contribution in [1.82, 2.24) is 4.98 Å². The molecule has 0 radical (unpaired) electrons. The Bertz CT molecular complexity index is 856. The molecule has 3 rings (SSSR count). The number of carbonyl (C=O) groups is 1. The second kappa shape index (κ2) is 7.26. The van der Waals surface area contributed by atoms with Gasteiger partial charge in [-0.25, -0.2) is 0 Å². The molecule has 1 aliphatic carbocycles. The maximum atomic E-state index is 11.6. The molecule has 25 heavy (non-hydrogen) atoms. The van der Waals surface area contributed by atoms with E-state index in [1.165, 1.54) is 0 Å². The SMILES string of the molecule is NC(=O)c1ncccc1[C@H]1CCC[C@@](O)(C#Cc2cccc(Cl)c2)C1. The molecule has 1 amide bonds. The molecule has 3 N–H and O–H groups in total. The van der Waals surface area contributed by atoms with Gasteiger partial charge >= 0.3 is 0 Å². The average Bonchev–Trinajstić information content (AvgIpc) is 2.60. The van der Waals surface area contributed by atoms with E-state index in [0.29, 0.717) is 17.9 Å². The highest BCUT2D eigenvalue weighted by Gasteiger charge is 2.35. The smallest absolute Gasteiger partial charge is 0.267 e. The molecule has 0 spiro atoms. The van der Waals surface area contributed by atoms with Crippen LogP contribution in [0.5, 0.6) is 0 Å². The van der Waals surface area contributed by atoms with Crippen molar-refractivity contribution < 1.29 is 9.90 Å². The number of rotatable bonds is 2. The van der Waals surface area contributed by atoms with Gasteiger partial charge in [0.05, 0.1) is 0 Å². The van der Waals surface area contributed by atoms with Gasteiger partial charge in [0.25, 0.3) is 5.91 Å². The molecule has 1 aliphatic rings. The second-order valence-electron chi connectivity index (χ2n) is 6.39. The number of carbonyl (C=O) groups excluding carboxylic acids is 1. The van der Waals surface area contributed by atoms with Crippen LogP contribution in [0.1, 0.15) is 53.2 Å². The van der Waals surface area contributed by atoms with Crippen molar-refractivity contribution >= 4 is 17.5 Å². The molecule has 128 valence electrons. The second-order valence-corrected chi connectivity index (χ2v) is 6.83. The summed E-state index contributed by atoms with van der Waals surface area (Å²) in [5.74, 6) is 5.47. The summed E-state index contributed by atoms with van der Waals surface area (Å²) in [4.78, 5) is 15.7. The normalized spacial score (nSPS) is 22.7. The largest absolute Gasteiger partial charge is 0.378 e. The lowest BCUT2D eigenvalue weighted by atomic mass is 9.75. The fraction of sp³-hybridized carbons (Fsp3) is 0.300. The summed E-state index contributed by atoms with van der Waals surface area (Å²) in [5, 5.41) is 11.5. The minimum Gasteiger partial charge on any atom is -0.378 e. The first-order valence-corrected chi connectivity index (χ1v) is 8.60. The lowest BCUT2D eigenvalue weighted by Crippen LogP contribution is -2.33. The lowest BCUT2D eigenvalue weighted by molar-refractivity contribution is 0.0517. The third-order valence-electron chi connectivity index (χ3n) is 4.50. The molecule has 1 heterocycles. The van der Waals surface area contributed by atoms with Crippen LogP contribution in [-0.4, -0.2) is 21.6 Å². The van der Waals surface area contributed by atoms with Crippen LogP contribution in [0.2, 0.25) is 5.02 Å². The van der Waals surface area contributed by atoms with Gasteiger partial charge in [0.1, 0.15) is 11.3 Å². The summed E-state index contributed by atoms with van der Waals surface area (Å²) in [6.45, 7) is 0. The van der Waals surface area contributed by atoms with Crippen molar-refractivity contribution in [3.63, 3.8) is 0 Å². The summed E-state index contributed by atoms with van der Waals surface area (Å²) in [6, 6.07) is 10.9. The van der Waals surface area contributed by atoms with Gasteiger partial charge in [-0.3, -0.25) is 9.78 Å². The van der Waals surface area contributed by atoms with Crippen LogP contribution in [0, 0.1) is 11.8 Å². The summed E-state index contributed by atoms with van der Waals surface area (Å²) in [6.07, 6.45) is 4.29. The molecule has 1 saturated carbocycles. The van der Waals surface area contributed by atoms with E-state index in [4.69, 9.17) is 17.3 Å². The molecule has 0 saturated heterocycles. The van der Waals surface area contributed by atoms with E-state index >= 15 is 0 Å². The van der Waals surface area contributed by atoms with Crippen LogP contribution >= 0.6 is 11.6 Å². The number of nitrogens with zero attached hydrogens (tertiary/aromatic N) is 1. The molecular weight excluding hydrogens is 336 g/mol. The average molecular weight is 355 g/mol. The summed E-state index contributed by atoms with van der Waals surface area (Å²) in [7, 11) is 0. The van der Waals surface area contributed by atoms with Crippen molar-refractivity contribution in [2.24, 2.45) is 5.73 Å². The van der Waals surface area contributed by atoms with Gasteiger partial charge in [-0.2, -0.15) is 0 Å². The van der Waals surface area contributed by atoms with E-state index in [2.05, 4.69) is 16.8 Å². The number of aliphatic hydroxyl groups is 1. The Balaban J connectivity index is 1.85. The Morgan fingerprint density at radius 2 is 2.20 bits per heavy atom. The number of amides is 1. The minimum atomic E-state index is -1.10. The third-order valence-corrected chi connectivity index (χ3v) is 4.74. The molecule has 1 aromatic carbocycles. The molecule has 0 bridgehead atoms. The zero-order valence-electron chi connectivity index (χ0n) is 13.7. The van der Waals surface area contributed by atoms with Crippen LogP contribution in [0.15, 0.2) is 42.6 Å². The molecule has 5 heteroatoms. The van der Waals surface area contributed by atoms with Crippen molar-refractivity contribution in [3.05, 3.63) is 64.4 Å². The van der Waals surface area contributed by atoms with Crippen molar-refractivity contribution in [1.29, 1.82) is 0 Å². The summed E-state index contributed by atoms with van der Waals surface area (Å²) < 4.78 is 0. The number of nitrogens with two attached hydrogens (primary N) is 1. The predicted molar refractivity (Wildman–Crippen MR) is 97.2 cm³/mol. The van der Waals surface area contributed by atoms with Crippen LogP contribution in [0.3, 0.4) is 0 Å². The van der Waals surface area contributed by atoms with E-state index in [0.717, 1.165) is 24.0 Å². The quantitative estimate of drug-likeness (QED) is 0.812. The van der Waals surface area contributed by atoms with Crippen LogP contribution in [0.4, 0.5) is 0 Å². The maximum Gasteiger partial charge on any atom is 0.267 e. The van der Waals surface area contributed by atoms with Gasteiger partial charge in [-0.15, -0.1) is 0 Å². The van der Waals surface area contributed by atoms with Crippen molar-refractivity contribution in [2.75, 3.05) is 0 Å². The zero-order chi connectivity index (χ0) is 17.9. The van der Waals surface area contributed by atoms with Gasteiger partial charge in [-0.05, 0) is 61.4 Å². The van der Waals surface area contributed by atoms with E-state index in [1.807, 2.05) is 18.2 Å². The number of pyridine rings is 1. The number of halogens is 1. The minimum absolute atomic E-state index is 0.00334. The van der Waals surface area contributed by atoms with Crippen molar-refractivity contribution in [2.45, 2.75) is 37.2 Å². The van der Waals surface area contributed by atoms with E-state index in [-0.39, 0.29) is 11.6 Å². The molecule has 2 atom stereocenters. The fourth-order valence-corrected chi connectivity index (χ4v) is 3.53. The Morgan fingerprint density at radius 3 is 2.96 bits per heavy atom.